The number of imidazole rings is 1. The SMILES string of the molecule is O=C(Oc1ccc(Br)cc1-c1nccn1C(=O)c1ccccc1)c1ccccc1. The summed E-state index contributed by atoms with van der Waals surface area (Å²) >= 11 is 3.44. The summed E-state index contributed by atoms with van der Waals surface area (Å²) in [6, 6.07) is 22.9. The Kier molecular flexibility index (Phi) is 5.35. The summed E-state index contributed by atoms with van der Waals surface area (Å²) in [6.45, 7) is 0. The number of carbonyl (C=O) groups is 2. The Labute approximate surface area is 175 Å². The molecule has 1 heterocycles. The van der Waals surface area contributed by atoms with Crippen molar-refractivity contribution in [3.63, 3.8) is 0 Å². The van der Waals surface area contributed by atoms with Crippen LogP contribution in [0.25, 0.3) is 11.4 Å². The number of esters is 1. The van der Waals surface area contributed by atoms with Crippen LogP contribution in [-0.4, -0.2) is 21.4 Å². The smallest absolute Gasteiger partial charge is 0.343 e. The monoisotopic (exact) mass is 446 g/mol. The van der Waals surface area contributed by atoms with Gasteiger partial charge in [-0.2, -0.15) is 0 Å². The van der Waals surface area contributed by atoms with Gasteiger partial charge in [-0.05, 0) is 42.5 Å². The standard InChI is InChI=1S/C23H15BrN2O3/c24-18-11-12-20(29-23(28)17-9-5-2-6-10-17)19(15-18)21-25-13-14-26(21)22(27)16-7-3-1-4-8-16/h1-15H. The summed E-state index contributed by atoms with van der Waals surface area (Å²) in [4.78, 5) is 29.8. The molecule has 0 radical (unpaired) electrons. The highest BCUT2D eigenvalue weighted by Crippen LogP contribution is 2.32. The molecular weight excluding hydrogens is 432 g/mol. The van der Waals surface area contributed by atoms with Crippen LogP contribution in [0.4, 0.5) is 0 Å². The molecule has 0 unspecified atom stereocenters. The molecular formula is C23H15BrN2O3. The zero-order valence-electron chi connectivity index (χ0n) is 15.2. The van der Waals surface area contributed by atoms with Crippen molar-refractivity contribution >= 4 is 27.8 Å². The molecule has 3 aromatic carbocycles. The molecule has 0 spiro atoms. The molecule has 29 heavy (non-hydrogen) atoms. The first-order chi connectivity index (χ1) is 14.1. The van der Waals surface area contributed by atoms with Crippen molar-refractivity contribution < 1.29 is 14.3 Å². The molecule has 4 rings (SSSR count). The van der Waals surface area contributed by atoms with E-state index >= 15 is 0 Å². The van der Waals surface area contributed by atoms with E-state index in [1.807, 2.05) is 12.1 Å². The van der Waals surface area contributed by atoms with E-state index in [4.69, 9.17) is 4.74 Å². The number of carbonyl (C=O) groups excluding carboxylic acids is 2. The van der Waals surface area contributed by atoms with Gasteiger partial charge in [0, 0.05) is 22.4 Å². The van der Waals surface area contributed by atoms with Gasteiger partial charge >= 0.3 is 5.97 Å². The van der Waals surface area contributed by atoms with Gasteiger partial charge in [-0.25, -0.2) is 9.78 Å². The molecule has 0 aliphatic heterocycles. The lowest BCUT2D eigenvalue weighted by atomic mass is 10.1. The Hall–Kier alpha value is -3.51. The topological polar surface area (TPSA) is 61.2 Å². The number of halogens is 1. The molecule has 0 amide bonds. The zero-order valence-corrected chi connectivity index (χ0v) is 16.7. The van der Waals surface area contributed by atoms with Gasteiger partial charge in [0.1, 0.15) is 5.75 Å². The summed E-state index contributed by atoms with van der Waals surface area (Å²) in [5.41, 5.74) is 1.49. The van der Waals surface area contributed by atoms with Crippen LogP contribution in [-0.2, 0) is 0 Å². The van der Waals surface area contributed by atoms with E-state index in [9.17, 15) is 9.59 Å². The van der Waals surface area contributed by atoms with Crippen LogP contribution in [0.5, 0.6) is 5.75 Å². The van der Waals surface area contributed by atoms with E-state index in [0.29, 0.717) is 28.3 Å². The third-order valence-corrected chi connectivity index (χ3v) is 4.77. The second kappa shape index (κ2) is 8.24. The van der Waals surface area contributed by atoms with Crippen molar-refractivity contribution in [3.8, 4) is 17.1 Å². The summed E-state index contributed by atoms with van der Waals surface area (Å²) in [5.74, 6) is -0.00791. The Morgan fingerprint density at radius 2 is 1.52 bits per heavy atom. The molecule has 0 N–H and O–H groups in total. The average molecular weight is 447 g/mol. The van der Waals surface area contributed by atoms with Gasteiger partial charge in [0.2, 0.25) is 0 Å². The molecule has 0 aliphatic carbocycles. The van der Waals surface area contributed by atoms with Crippen LogP contribution in [0.1, 0.15) is 20.7 Å². The molecule has 1 aromatic heterocycles. The van der Waals surface area contributed by atoms with Gasteiger partial charge < -0.3 is 4.74 Å². The second-order valence-electron chi connectivity index (χ2n) is 6.19. The van der Waals surface area contributed by atoms with Gasteiger partial charge in [-0.15, -0.1) is 0 Å². The van der Waals surface area contributed by atoms with Crippen LogP contribution in [0, 0.1) is 0 Å². The average Bonchev–Trinajstić information content (AvgIpc) is 3.25. The summed E-state index contributed by atoms with van der Waals surface area (Å²) in [6.07, 6.45) is 3.13. The summed E-state index contributed by atoms with van der Waals surface area (Å²) in [7, 11) is 0. The molecule has 0 atom stereocenters. The minimum absolute atomic E-state index is 0.224. The molecule has 142 valence electrons. The van der Waals surface area contributed by atoms with Crippen LogP contribution < -0.4 is 4.74 Å². The molecule has 0 saturated carbocycles. The van der Waals surface area contributed by atoms with E-state index < -0.39 is 5.97 Å². The van der Waals surface area contributed by atoms with Gasteiger partial charge in [-0.1, -0.05) is 52.3 Å². The lowest BCUT2D eigenvalue weighted by Crippen LogP contribution is -2.14. The fourth-order valence-corrected chi connectivity index (χ4v) is 3.25. The highest BCUT2D eigenvalue weighted by molar-refractivity contribution is 9.10. The maximum Gasteiger partial charge on any atom is 0.343 e. The lowest BCUT2D eigenvalue weighted by Gasteiger charge is -2.12. The highest BCUT2D eigenvalue weighted by Gasteiger charge is 2.20. The van der Waals surface area contributed by atoms with E-state index in [1.165, 1.54) is 4.57 Å². The van der Waals surface area contributed by atoms with Crippen molar-refractivity contribution in [2.75, 3.05) is 0 Å². The highest BCUT2D eigenvalue weighted by atomic mass is 79.9. The van der Waals surface area contributed by atoms with Crippen molar-refractivity contribution in [3.05, 3.63) is 107 Å². The molecule has 0 fully saturated rings. The number of rotatable bonds is 4. The van der Waals surface area contributed by atoms with Crippen LogP contribution >= 0.6 is 15.9 Å². The van der Waals surface area contributed by atoms with Gasteiger partial charge in [0.15, 0.2) is 5.82 Å². The van der Waals surface area contributed by atoms with Crippen molar-refractivity contribution in [1.82, 2.24) is 9.55 Å². The summed E-state index contributed by atoms with van der Waals surface area (Å²) < 4.78 is 7.84. The van der Waals surface area contributed by atoms with Crippen LogP contribution in [0.15, 0.2) is 95.7 Å². The first-order valence-electron chi connectivity index (χ1n) is 8.84. The van der Waals surface area contributed by atoms with E-state index in [-0.39, 0.29) is 5.91 Å². The largest absolute Gasteiger partial charge is 0.422 e. The maximum atomic E-state index is 12.9. The maximum absolute atomic E-state index is 12.9. The van der Waals surface area contributed by atoms with Crippen molar-refractivity contribution in [2.24, 2.45) is 0 Å². The molecule has 6 heteroatoms. The number of aromatic nitrogens is 2. The Bertz CT molecular complexity index is 1170. The van der Waals surface area contributed by atoms with E-state index in [1.54, 1.807) is 79.1 Å². The van der Waals surface area contributed by atoms with Gasteiger partial charge in [0.05, 0.1) is 11.1 Å². The summed E-state index contributed by atoms with van der Waals surface area (Å²) in [5, 5.41) is 0. The number of benzene rings is 3. The normalized spacial score (nSPS) is 10.5. The van der Waals surface area contributed by atoms with Gasteiger partial charge in [0.25, 0.3) is 5.91 Å². The van der Waals surface area contributed by atoms with Crippen molar-refractivity contribution in [2.45, 2.75) is 0 Å². The van der Waals surface area contributed by atoms with Crippen LogP contribution in [0.2, 0.25) is 0 Å². The Balaban J connectivity index is 1.73. The fraction of sp³-hybridized carbons (Fsp3) is 0. The molecule has 0 aliphatic rings. The van der Waals surface area contributed by atoms with Crippen LogP contribution in [0.3, 0.4) is 0 Å². The van der Waals surface area contributed by atoms with Crippen molar-refractivity contribution in [1.29, 1.82) is 0 Å². The number of hydrogen-bond donors (Lipinski definition) is 0. The molecule has 5 nitrogen and oxygen atoms in total. The number of hydrogen-bond acceptors (Lipinski definition) is 4. The first-order valence-corrected chi connectivity index (χ1v) is 9.63. The van der Waals surface area contributed by atoms with E-state index in [0.717, 1.165) is 4.47 Å². The third kappa shape index (κ3) is 4.02. The first kappa shape index (κ1) is 18.8. The predicted molar refractivity (Wildman–Crippen MR) is 113 cm³/mol. The van der Waals surface area contributed by atoms with Gasteiger partial charge in [-0.3, -0.25) is 9.36 Å². The minimum Gasteiger partial charge on any atom is -0.422 e. The fourth-order valence-electron chi connectivity index (χ4n) is 2.89. The number of ether oxygens (including phenoxy) is 1. The molecule has 0 saturated heterocycles. The zero-order chi connectivity index (χ0) is 20.2. The number of nitrogens with zero attached hydrogens (tertiary/aromatic N) is 2. The minimum atomic E-state index is -0.485. The molecule has 0 bridgehead atoms. The second-order valence-corrected chi connectivity index (χ2v) is 7.10. The van der Waals surface area contributed by atoms with E-state index in [2.05, 4.69) is 20.9 Å². The lowest BCUT2D eigenvalue weighted by molar-refractivity contribution is 0.0735. The third-order valence-electron chi connectivity index (χ3n) is 4.27. The molecule has 4 aromatic rings. The Morgan fingerprint density at radius 1 is 0.862 bits per heavy atom. The predicted octanol–water partition coefficient (Wildman–Crippen LogP) is 5.22. The Morgan fingerprint density at radius 3 is 2.21 bits per heavy atom. The quantitative estimate of drug-likeness (QED) is 0.318.